The Kier molecular flexibility index (Phi) is 5.55. The van der Waals surface area contributed by atoms with Crippen molar-refractivity contribution >= 4 is 39.9 Å². The summed E-state index contributed by atoms with van der Waals surface area (Å²) in [6.45, 7) is 2.17. The molecular weight excluding hydrogens is 426 g/mol. The van der Waals surface area contributed by atoms with Gasteiger partial charge in [-0.25, -0.2) is 4.98 Å². The monoisotopic (exact) mass is 449 g/mol. The molecule has 4 heterocycles. The number of carbonyl (C=O) groups excluding carboxylic acids is 1. The molecule has 164 valence electrons. The Morgan fingerprint density at radius 1 is 1.28 bits per heavy atom. The van der Waals surface area contributed by atoms with E-state index in [1.54, 1.807) is 29.5 Å². The third-order valence-electron chi connectivity index (χ3n) is 5.73. The van der Waals surface area contributed by atoms with Crippen LogP contribution in [-0.4, -0.2) is 44.8 Å². The smallest absolute Gasteiger partial charge is 0.258 e. The molecule has 4 aromatic rings. The number of H-pyrrole nitrogens is 1. The molecule has 1 aliphatic rings. The lowest BCUT2D eigenvalue weighted by Crippen LogP contribution is -2.43. The lowest BCUT2D eigenvalue weighted by atomic mass is 10.1. The van der Waals surface area contributed by atoms with Crippen molar-refractivity contribution in [2.24, 2.45) is 5.73 Å². The number of fused-ring (bicyclic) bond motifs is 1. The standard InChI is InChI=1S/C23H24ClN7O/c24-18-10-26-22-20(21(18)30-8-4-7-17(25)14-30)19(11-27-22)29-23(32)16-9-28-31(13-16)12-15-5-2-1-3-6-15/h1-3,5-6,9-11,13,17H,4,7-8,12,14,25H2,(H,26,27)(H,29,32)/t17-/m1/s1. The Morgan fingerprint density at radius 2 is 2.12 bits per heavy atom. The van der Waals surface area contributed by atoms with Crippen LogP contribution in [0.25, 0.3) is 11.0 Å². The lowest BCUT2D eigenvalue weighted by molar-refractivity contribution is 0.102. The van der Waals surface area contributed by atoms with Gasteiger partial charge in [-0.1, -0.05) is 41.9 Å². The molecule has 0 saturated carbocycles. The molecule has 0 unspecified atom stereocenters. The van der Waals surface area contributed by atoms with Crippen molar-refractivity contribution in [3.8, 4) is 0 Å². The van der Waals surface area contributed by atoms with Gasteiger partial charge in [0.25, 0.3) is 5.91 Å². The first kappa shape index (κ1) is 20.5. The summed E-state index contributed by atoms with van der Waals surface area (Å²) < 4.78 is 1.75. The number of pyridine rings is 1. The minimum atomic E-state index is -0.244. The molecule has 1 saturated heterocycles. The minimum Gasteiger partial charge on any atom is -0.368 e. The summed E-state index contributed by atoms with van der Waals surface area (Å²) in [4.78, 5) is 22.7. The van der Waals surface area contributed by atoms with Crippen LogP contribution in [0, 0.1) is 0 Å². The van der Waals surface area contributed by atoms with E-state index >= 15 is 0 Å². The minimum absolute atomic E-state index is 0.0930. The Labute approximate surface area is 190 Å². The summed E-state index contributed by atoms with van der Waals surface area (Å²) >= 11 is 6.56. The van der Waals surface area contributed by atoms with Crippen LogP contribution >= 0.6 is 11.6 Å². The maximum atomic E-state index is 13.0. The summed E-state index contributed by atoms with van der Waals surface area (Å²) in [6.07, 6.45) is 8.68. The van der Waals surface area contributed by atoms with Gasteiger partial charge in [0.05, 0.1) is 46.3 Å². The third kappa shape index (κ3) is 4.06. The van der Waals surface area contributed by atoms with Gasteiger partial charge in [0.1, 0.15) is 5.65 Å². The second-order valence-corrected chi connectivity index (χ2v) is 8.50. The normalized spacial score (nSPS) is 16.4. The van der Waals surface area contributed by atoms with Crippen molar-refractivity contribution in [2.75, 3.05) is 23.3 Å². The number of halogens is 1. The summed E-state index contributed by atoms with van der Waals surface area (Å²) in [5.74, 6) is -0.244. The first-order valence-corrected chi connectivity index (χ1v) is 11.0. The van der Waals surface area contributed by atoms with Gasteiger partial charge < -0.3 is 20.9 Å². The largest absolute Gasteiger partial charge is 0.368 e. The van der Waals surface area contributed by atoms with E-state index in [0.717, 1.165) is 36.0 Å². The average molecular weight is 450 g/mol. The van der Waals surface area contributed by atoms with Gasteiger partial charge in [-0.15, -0.1) is 0 Å². The van der Waals surface area contributed by atoms with Crippen LogP contribution in [0.2, 0.25) is 5.02 Å². The van der Waals surface area contributed by atoms with Crippen LogP contribution < -0.4 is 16.0 Å². The first-order chi connectivity index (χ1) is 15.6. The molecule has 1 atom stereocenters. The van der Waals surface area contributed by atoms with Gasteiger partial charge in [0.15, 0.2) is 0 Å². The highest BCUT2D eigenvalue weighted by Crippen LogP contribution is 2.38. The van der Waals surface area contributed by atoms with Crippen LogP contribution in [0.1, 0.15) is 28.8 Å². The summed E-state index contributed by atoms with van der Waals surface area (Å²) in [5, 5.41) is 8.65. The van der Waals surface area contributed by atoms with Crippen molar-refractivity contribution in [1.29, 1.82) is 0 Å². The van der Waals surface area contributed by atoms with Crippen LogP contribution in [0.4, 0.5) is 11.4 Å². The molecular formula is C23H24ClN7O. The van der Waals surface area contributed by atoms with Crippen molar-refractivity contribution < 1.29 is 4.79 Å². The number of amides is 1. The van der Waals surface area contributed by atoms with Gasteiger partial charge in [0.2, 0.25) is 0 Å². The fourth-order valence-corrected chi connectivity index (χ4v) is 4.47. The first-order valence-electron chi connectivity index (χ1n) is 10.6. The molecule has 4 N–H and O–H groups in total. The Bertz CT molecular complexity index is 1250. The van der Waals surface area contributed by atoms with E-state index in [2.05, 4.69) is 25.3 Å². The predicted molar refractivity (Wildman–Crippen MR) is 126 cm³/mol. The van der Waals surface area contributed by atoms with Gasteiger partial charge in [-0.05, 0) is 18.4 Å². The number of hydrogen-bond donors (Lipinski definition) is 3. The van der Waals surface area contributed by atoms with E-state index in [1.807, 2.05) is 30.3 Å². The van der Waals surface area contributed by atoms with E-state index in [1.165, 1.54) is 0 Å². The molecule has 9 heteroatoms. The number of nitrogens with one attached hydrogen (secondary N) is 2. The molecule has 0 spiro atoms. The fourth-order valence-electron chi connectivity index (χ4n) is 4.21. The maximum Gasteiger partial charge on any atom is 0.258 e. The zero-order chi connectivity index (χ0) is 22.1. The Balaban J connectivity index is 1.41. The number of hydrogen-bond acceptors (Lipinski definition) is 5. The third-order valence-corrected chi connectivity index (χ3v) is 6.01. The highest BCUT2D eigenvalue weighted by Gasteiger charge is 2.24. The average Bonchev–Trinajstić information content (AvgIpc) is 3.42. The molecule has 1 fully saturated rings. The summed E-state index contributed by atoms with van der Waals surface area (Å²) in [5.41, 5.74) is 9.94. The number of aromatic nitrogens is 4. The summed E-state index contributed by atoms with van der Waals surface area (Å²) in [6, 6.07) is 10.1. The number of nitrogens with two attached hydrogens (primary N) is 1. The number of carbonyl (C=O) groups is 1. The molecule has 0 radical (unpaired) electrons. The topological polar surface area (TPSA) is 105 Å². The summed E-state index contributed by atoms with van der Waals surface area (Å²) in [7, 11) is 0. The van der Waals surface area contributed by atoms with Gasteiger partial charge in [-0.2, -0.15) is 5.10 Å². The lowest BCUT2D eigenvalue weighted by Gasteiger charge is -2.33. The maximum absolute atomic E-state index is 13.0. The second-order valence-electron chi connectivity index (χ2n) is 8.10. The quantitative estimate of drug-likeness (QED) is 0.431. The molecule has 5 rings (SSSR count). The van der Waals surface area contributed by atoms with E-state index in [0.29, 0.717) is 35.0 Å². The molecule has 0 bridgehead atoms. The molecule has 32 heavy (non-hydrogen) atoms. The van der Waals surface area contributed by atoms with Crippen LogP contribution in [0.15, 0.2) is 55.1 Å². The van der Waals surface area contributed by atoms with Gasteiger partial charge in [-0.3, -0.25) is 9.48 Å². The number of nitrogens with zero attached hydrogens (tertiary/aromatic N) is 4. The Morgan fingerprint density at radius 3 is 2.94 bits per heavy atom. The van der Waals surface area contributed by atoms with Crippen molar-refractivity contribution in [3.05, 3.63) is 71.3 Å². The van der Waals surface area contributed by atoms with Crippen LogP contribution in [0.5, 0.6) is 0 Å². The number of rotatable bonds is 5. The number of aromatic amines is 1. The molecule has 0 aliphatic carbocycles. The van der Waals surface area contributed by atoms with E-state index in [4.69, 9.17) is 17.3 Å². The second kappa shape index (κ2) is 8.64. The Hall–Kier alpha value is -3.36. The van der Waals surface area contributed by atoms with Crippen molar-refractivity contribution in [2.45, 2.75) is 25.4 Å². The number of anilines is 2. The van der Waals surface area contributed by atoms with E-state index < -0.39 is 0 Å². The van der Waals surface area contributed by atoms with Crippen LogP contribution in [-0.2, 0) is 6.54 Å². The van der Waals surface area contributed by atoms with Gasteiger partial charge >= 0.3 is 0 Å². The number of benzene rings is 1. The molecule has 1 aliphatic heterocycles. The molecule has 1 aromatic carbocycles. The highest BCUT2D eigenvalue weighted by molar-refractivity contribution is 6.35. The van der Waals surface area contributed by atoms with Crippen LogP contribution in [0.3, 0.4) is 0 Å². The SMILES string of the molecule is N[C@@H]1CCCN(c2c(Cl)cnc3[nH]cc(NC(=O)c4cnn(Cc5ccccc5)c4)c23)C1. The highest BCUT2D eigenvalue weighted by atomic mass is 35.5. The van der Waals surface area contributed by atoms with Crippen molar-refractivity contribution in [1.82, 2.24) is 19.7 Å². The van der Waals surface area contributed by atoms with E-state index in [-0.39, 0.29) is 11.9 Å². The van der Waals surface area contributed by atoms with E-state index in [9.17, 15) is 4.79 Å². The zero-order valence-corrected chi connectivity index (χ0v) is 18.2. The predicted octanol–water partition coefficient (Wildman–Crippen LogP) is 3.64. The zero-order valence-electron chi connectivity index (χ0n) is 17.5. The molecule has 1 amide bonds. The number of piperidine rings is 1. The molecule has 3 aromatic heterocycles. The van der Waals surface area contributed by atoms with Gasteiger partial charge in [0, 0.05) is 31.5 Å². The molecule has 8 nitrogen and oxygen atoms in total. The van der Waals surface area contributed by atoms with Crippen molar-refractivity contribution in [3.63, 3.8) is 0 Å². The fraction of sp³-hybridized carbons (Fsp3) is 0.261.